The third-order valence-corrected chi connectivity index (χ3v) is 2.62. The van der Waals surface area contributed by atoms with Crippen LogP contribution in [0.3, 0.4) is 0 Å². The lowest BCUT2D eigenvalue weighted by atomic mass is 10.3. The van der Waals surface area contributed by atoms with Gasteiger partial charge in [-0.25, -0.2) is 5.14 Å². The van der Waals surface area contributed by atoms with Crippen LogP contribution in [0.25, 0.3) is 0 Å². The number of nitrogens with zero attached hydrogens (tertiary/aromatic N) is 1. The first-order valence-corrected chi connectivity index (χ1v) is 5.04. The van der Waals surface area contributed by atoms with Crippen LogP contribution in [0.15, 0.2) is 24.3 Å². The molecule has 0 saturated carbocycles. The van der Waals surface area contributed by atoms with E-state index in [4.69, 9.17) is 10.9 Å². The van der Waals surface area contributed by atoms with Gasteiger partial charge in [0.05, 0.1) is 11.4 Å². The third kappa shape index (κ3) is 2.10. The number of anilines is 2. The highest BCUT2D eigenvalue weighted by atomic mass is 32.2. The van der Waals surface area contributed by atoms with Crippen molar-refractivity contribution in [1.82, 2.24) is 0 Å². The summed E-state index contributed by atoms with van der Waals surface area (Å²) in [5.41, 5.74) is 6.31. The van der Waals surface area contributed by atoms with E-state index in [1.54, 1.807) is 24.3 Å². The minimum absolute atomic E-state index is 0.374. The van der Waals surface area contributed by atoms with Gasteiger partial charge in [-0.2, -0.15) is 8.42 Å². The van der Waals surface area contributed by atoms with Gasteiger partial charge in [-0.1, -0.05) is 12.1 Å². The SMILES string of the molecule is CN(c1ccccc1N)S(N)(=O)=O. The second-order valence-electron chi connectivity index (χ2n) is 2.57. The van der Waals surface area contributed by atoms with Crippen molar-refractivity contribution in [1.29, 1.82) is 0 Å². The molecule has 0 bridgehead atoms. The fourth-order valence-corrected chi connectivity index (χ4v) is 1.35. The predicted molar refractivity (Wildman–Crippen MR) is 52.4 cm³/mol. The normalized spacial score (nSPS) is 11.2. The smallest absolute Gasteiger partial charge is 0.298 e. The van der Waals surface area contributed by atoms with Crippen LogP contribution >= 0.6 is 0 Å². The zero-order valence-electron chi connectivity index (χ0n) is 7.14. The van der Waals surface area contributed by atoms with Crippen LogP contribution < -0.4 is 15.2 Å². The summed E-state index contributed by atoms with van der Waals surface area (Å²) in [7, 11) is -2.38. The number of nitrogen functional groups attached to an aromatic ring is 1. The maximum atomic E-state index is 10.9. The molecule has 0 saturated heterocycles. The van der Waals surface area contributed by atoms with Crippen molar-refractivity contribution < 1.29 is 8.42 Å². The molecular weight excluding hydrogens is 190 g/mol. The Hall–Kier alpha value is -1.27. The molecule has 0 aliphatic heterocycles. The highest BCUT2D eigenvalue weighted by Crippen LogP contribution is 2.21. The number of nitrogens with two attached hydrogens (primary N) is 2. The van der Waals surface area contributed by atoms with Gasteiger partial charge in [0.15, 0.2) is 0 Å². The van der Waals surface area contributed by atoms with Crippen LogP contribution in [-0.2, 0) is 10.2 Å². The second-order valence-corrected chi connectivity index (χ2v) is 4.15. The van der Waals surface area contributed by atoms with E-state index in [0.717, 1.165) is 4.31 Å². The summed E-state index contributed by atoms with van der Waals surface area (Å²) in [6.45, 7) is 0. The molecule has 0 heterocycles. The third-order valence-electron chi connectivity index (χ3n) is 1.66. The van der Waals surface area contributed by atoms with Gasteiger partial charge < -0.3 is 5.73 Å². The van der Waals surface area contributed by atoms with Crippen molar-refractivity contribution in [2.24, 2.45) is 5.14 Å². The van der Waals surface area contributed by atoms with Crippen LogP contribution in [0, 0.1) is 0 Å². The molecule has 6 heteroatoms. The monoisotopic (exact) mass is 201 g/mol. The zero-order valence-corrected chi connectivity index (χ0v) is 7.95. The van der Waals surface area contributed by atoms with E-state index < -0.39 is 10.2 Å². The first-order valence-electron chi connectivity index (χ1n) is 3.54. The summed E-state index contributed by atoms with van der Waals surface area (Å²) in [6, 6.07) is 6.60. The molecule has 0 spiro atoms. The van der Waals surface area contributed by atoms with Crippen molar-refractivity contribution >= 4 is 21.6 Å². The van der Waals surface area contributed by atoms with E-state index in [0.29, 0.717) is 11.4 Å². The predicted octanol–water partition coefficient (Wildman–Crippen LogP) is -0.0915. The Kier molecular flexibility index (Phi) is 2.44. The van der Waals surface area contributed by atoms with Gasteiger partial charge in [0, 0.05) is 7.05 Å². The fraction of sp³-hybridized carbons (Fsp3) is 0.143. The molecule has 0 amide bonds. The molecule has 0 fully saturated rings. The molecule has 0 aliphatic carbocycles. The molecule has 72 valence electrons. The van der Waals surface area contributed by atoms with Crippen molar-refractivity contribution in [3.63, 3.8) is 0 Å². The highest BCUT2D eigenvalue weighted by Gasteiger charge is 2.13. The molecule has 13 heavy (non-hydrogen) atoms. The van der Waals surface area contributed by atoms with E-state index in [-0.39, 0.29) is 0 Å². The van der Waals surface area contributed by atoms with Gasteiger partial charge in [-0.05, 0) is 12.1 Å². The van der Waals surface area contributed by atoms with Gasteiger partial charge in [0.25, 0.3) is 10.2 Å². The Labute approximate surface area is 77.1 Å². The maximum Gasteiger partial charge on any atom is 0.298 e. The Balaban J connectivity index is 3.17. The Morgan fingerprint density at radius 3 is 2.31 bits per heavy atom. The van der Waals surface area contributed by atoms with Crippen molar-refractivity contribution in [3.8, 4) is 0 Å². The Morgan fingerprint density at radius 1 is 1.31 bits per heavy atom. The lowest BCUT2D eigenvalue weighted by molar-refractivity contribution is 0.596. The van der Waals surface area contributed by atoms with E-state index in [1.807, 2.05) is 0 Å². The lowest BCUT2D eigenvalue weighted by Gasteiger charge is -2.17. The molecule has 1 aromatic rings. The highest BCUT2D eigenvalue weighted by molar-refractivity contribution is 7.90. The number of rotatable bonds is 2. The molecule has 5 nitrogen and oxygen atoms in total. The number of hydrogen-bond donors (Lipinski definition) is 2. The van der Waals surface area contributed by atoms with Gasteiger partial charge in [-0.15, -0.1) is 0 Å². The zero-order chi connectivity index (χ0) is 10.1. The molecule has 0 aromatic heterocycles. The van der Waals surface area contributed by atoms with Gasteiger partial charge in [0.2, 0.25) is 0 Å². The number of benzene rings is 1. The minimum Gasteiger partial charge on any atom is -0.397 e. The standard InChI is InChI=1S/C7H11N3O2S/c1-10(13(9,11)12)7-5-3-2-4-6(7)8/h2-5H,8H2,1H3,(H2,9,11,12). The van der Waals surface area contributed by atoms with Crippen molar-refractivity contribution in [3.05, 3.63) is 24.3 Å². The van der Waals surface area contributed by atoms with E-state index >= 15 is 0 Å². The van der Waals surface area contributed by atoms with Crippen LogP contribution in [0.2, 0.25) is 0 Å². The molecular formula is C7H11N3O2S. The molecule has 0 aliphatic rings. The molecule has 1 aromatic carbocycles. The van der Waals surface area contributed by atoms with Crippen molar-refractivity contribution in [2.45, 2.75) is 0 Å². The molecule has 1 rings (SSSR count). The number of para-hydroxylation sites is 2. The summed E-state index contributed by atoms with van der Waals surface area (Å²) in [6.07, 6.45) is 0. The van der Waals surface area contributed by atoms with E-state index in [2.05, 4.69) is 0 Å². The van der Waals surface area contributed by atoms with Gasteiger partial charge in [-0.3, -0.25) is 4.31 Å². The molecule has 0 radical (unpaired) electrons. The fourth-order valence-electron chi connectivity index (χ4n) is 0.911. The first kappa shape index (κ1) is 9.82. The summed E-state index contributed by atoms with van der Waals surface area (Å²) >= 11 is 0. The average Bonchev–Trinajstić information content (AvgIpc) is 2.02. The molecule has 4 N–H and O–H groups in total. The Morgan fingerprint density at radius 2 is 1.85 bits per heavy atom. The van der Waals surface area contributed by atoms with Crippen LogP contribution in [0.4, 0.5) is 11.4 Å². The van der Waals surface area contributed by atoms with Crippen LogP contribution in [-0.4, -0.2) is 15.5 Å². The summed E-state index contributed by atoms with van der Waals surface area (Å²) < 4.78 is 22.8. The summed E-state index contributed by atoms with van der Waals surface area (Å²) in [5.74, 6) is 0. The number of hydrogen-bond acceptors (Lipinski definition) is 3. The van der Waals surface area contributed by atoms with E-state index in [1.165, 1.54) is 7.05 Å². The second kappa shape index (κ2) is 3.23. The average molecular weight is 201 g/mol. The van der Waals surface area contributed by atoms with Gasteiger partial charge in [0.1, 0.15) is 0 Å². The molecule has 0 atom stereocenters. The summed E-state index contributed by atoms with van der Waals surface area (Å²) in [4.78, 5) is 0. The lowest BCUT2D eigenvalue weighted by Crippen LogP contribution is -2.33. The van der Waals surface area contributed by atoms with Gasteiger partial charge >= 0.3 is 0 Å². The van der Waals surface area contributed by atoms with Crippen LogP contribution in [0.5, 0.6) is 0 Å². The summed E-state index contributed by atoms with van der Waals surface area (Å²) in [5, 5.41) is 4.92. The van der Waals surface area contributed by atoms with E-state index in [9.17, 15) is 8.42 Å². The molecule has 0 unspecified atom stereocenters. The quantitative estimate of drug-likeness (QED) is 0.655. The van der Waals surface area contributed by atoms with Crippen molar-refractivity contribution in [2.75, 3.05) is 17.1 Å². The Bertz CT molecular complexity index is 402. The first-order chi connectivity index (χ1) is 5.93. The maximum absolute atomic E-state index is 10.9. The largest absolute Gasteiger partial charge is 0.397 e. The van der Waals surface area contributed by atoms with Crippen LogP contribution in [0.1, 0.15) is 0 Å². The topological polar surface area (TPSA) is 89.4 Å². The minimum atomic E-state index is -3.73.